The van der Waals surface area contributed by atoms with E-state index in [1.54, 1.807) is 19.2 Å². The van der Waals surface area contributed by atoms with Gasteiger partial charge in [-0.15, -0.1) is 0 Å². The fraction of sp³-hybridized carbons (Fsp3) is 0.417. The van der Waals surface area contributed by atoms with E-state index < -0.39 is 5.82 Å². The van der Waals surface area contributed by atoms with E-state index in [0.717, 1.165) is 0 Å². The van der Waals surface area contributed by atoms with E-state index in [1.165, 1.54) is 25.2 Å². The summed E-state index contributed by atoms with van der Waals surface area (Å²) in [5.74, 6) is -0.388. The van der Waals surface area contributed by atoms with E-state index in [0.29, 0.717) is 12.1 Å². The number of hydrogen-bond acceptors (Lipinski definition) is 3. The van der Waals surface area contributed by atoms with Gasteiger partial charge in [-0.1, -0.05) is 6.07 Å². The maximum absolute atomic E-state index is 13.4. The second kappa shape index (κ2) is 6.20. The van der Waals surface area contributed by atoms with E-state index in [2.05, 4.69) is 0 Å². The largest absolute Gasteiger partial charge is 0.494 e. The molecule has 0 radical (unpaired) electrons. The lowest BCUT2D eigenvalue weighted by molar-refractivity contribution is -0.134. The van der Waals surface area contributed by atoms with Gasteiger partial charge in [0.2, 0.25) is 5.91 Å². The Labute approximate surface area is 99.9 Å². The first kappa shape index (κ1) is 13.4. The summed E-state index contributed by atoms with van der Waals surface area (Å²) in [5, 5.41) is 0. The number of halogens is 1. The number of amides is 1. The Bertz CT molecular complexity index is 395. The molecular formula is C12H16FNO3. The Morgan fingerprint density at radius 3 is 2.65 bits per heavy atom. The average molecular weight is 241 g/mol. The summed E-state index contributed by atoms with van der Waals surface area (Å²) in [4.78, 5) is 12.9. The third-order valence-electron chi connectivity index (χ3n) is 2.33. The molecule has 1 aromatic carbocycles. The summed E-state index contributed by atoms with van der Waals surface area (Å²) in [5.41, 5.74) is 0.704. The minimum Gasteiger partial charge on any atom is -0.494 e. The van der Waals surface area contributed by atoms with Crippen LogP contribution < -0.4 is 4.74 Å². The van der Waals surface area contributed by atoms with Crippen LogP contribution in [-0.4, -0.2) is 38.7 Å². The summed E-state index contributed by atoms with van der Waals surface area (Å²) < 4.78 is 22.9. The van der Waals surface area contributed by atoms with Crippen LogP contribution in [-0.2, 0) is 16.1 Å². The molecule has 0 saturated heterocycles. The maximum Gasteiger partial charge on any atom is 0.248 e. The Morgan fingerprint density at radius 1 is 1.41 bits per heavy atom. The molecule has 4 nitrogen and oxygen atoms in total. The molecule has 0 bridgehead atoms. The third kappa shape index (κ3) is 3.71. The molecule has 0 atom stereocenters. The van der Waals surface area contributed by atoms with Crippen LogP contribution in [0.15, 0.2) is 18.2 Å². The smallest absolute Gasteiger partial charge is 0.248 e. The van der Waals surface area contributed by atoms with Crippen molar-refractivity contribution in [2.45, 2.75) is 6.54 Å². The molecule has 0 aliphatic carbocycles. The number of methoxy groups -OCH3 is 2. The van der Waals surface area contributed by atoms with Crippen molar-refractivity contribution < 1.29 is 18.7 Å². The minimum atomic E-state index is -0.433. The summed E-state index contributed by atoms with van der Waals surface area (Å²) in [7, 11) is 4.51. The van der Waals surface area contributed by atoms with Crippen LogP contribution in [0.2, 0.25) is 0 Å². The Hall–Kier alpha value is -1.62. The van der Waals surface area contributed by atoms with Crippen LogP contribution >= 0.6 is 0 Å². The van der Waals surface area contributed by atoms with Crippen molar-refractivity contribution in [3.8, 4) is 5.75 Å². The molecule has 17 heavy (non-hydrogen) atoms. The van der Waals surface area contributed by atoms with Crippen molar-refractivity contribution in [3.63, 3.8) is 0 Å². The van der Waals surface area contributed by atoms with Gasteiger partial charge in [0, 0.05) is 20.7 Å². The summed E-state index contributed by atoms with van der Waals surface area (Å²) in [6.07, 6.45) is 0. The van der Waals surface area contributed by atoms with Gasteiger partial charge in [-0.3, -0.25) is 4.79 Å². The van der Waals surface area contributed by atoms with Crippen molar-refractivity contribution in [2.24, 2.45) is 0 Å². The van der Waals surface area contributed by atoms with Crippen LogP contribution in [0.4, 0.5) is 4.39 Å². The minimum absolute atomic E-state index is 0.0230. The first-order valence-electron chi connectivity index (χ1n) is 5.13. The number of ether oxygens (including phenoxy) is 2. The number of likely N-dealkylation sites (N-methyl/N-ethyl adjacent to an activating group) is 1. The van der Waals surface area contributed by atoms with E-state index in [-0.39, 0.29) is 18.3 Å². The molecule has 1 aromatic rings. The van der Waals surface area contributed by atoms with E-state index >= 15 is 0 Å². The Balaban J connectivity index is 2.68. The van der Waals surface area contributed by atoms with Crippen molar-refractivity contribution in [1.82, 2.24) is 4.90 Å². The quantitative estimate of drug-likeness (QED) is 0.783. The van der Waals surface area contributed by atoms with Crippen molar-refractivity contribution in [3.05, 3.63) is 29.6 Å². The van der Waals surface area contributed by atoms with Gasteiger partial charge in [0.25, 0.3) is 0 Å². The first-order valence-corrected chi connectivity index (χ1v) is 5.13. The zero-order valence-electron chi connectivity index (χ0n) is 10.2. The number of carbonyl (C=O) groups excluding carboxylic acids is 1. The lowest BCUT2D eigenvalue weighted by Gasteiger charge is -2.17. The summed E-state index contributed by atoms with van der Waals surface area (Å²) in [6.45, 7) is 0.359. The summed E-state index contributed by atoms with van der Waals surface area (Å²) in [6, 6.07) is 4.62. The molecule has 0 saturated carbocycles. The van der Waals surface area contributed by atoms with Gasteiger partial charge in [-0.2, -0.15) is 0 Å². The van der Waals surface area contributed by atoms with E-state index in [9.17, 15) is 9.18 Å². The maximum atomic E-state index is 13.4. The van der Waals surface area contributed by atoms with E-state index in [1.807, 2.05) is 0 Å². The molecular weight excluding hydrogens is 225 g/mol. The predicted molar refractivity (Wildman–Crippen MR) is 61.3 cm³/mol. The molecule has 94 valence electrons. The van der Waals surface area contributed by atoms with Gasteiger partial charge in [0.15, 0.2) is 11.6 Å². The number of benzene rings is 1. The second-order valence-corrected chi connectivity index (χ2v) is 3.65. The molecule has 0 heterocycles. The van der Waals surface area contributed by atoms with Crippen LogP contribution in [0.5, 0.6) is 5.75 Å². The molecule has 0 unspecified atom stereocenters. The lowest BCUT2D eigenvalue weighted by atomic mass is 10.2. The second-order valence-electron chi connectivity index (χ2n) is 3.65. The van der Waals surface area contributed by atoms with Crippen molar-refractivity contribution >= 4 is 5.91 Å². The zero-order chi connectivity index (χ0) is 12.8. The normalized spacial score (nSPS) is 10.1. The third-order valence-corrected chi connectivity index (χ3v) is 2.33. The molecule has 0 N–H and O–H groups in total. The zero-order valence-corrected chi connectivity index (χ0v) is 10.2. The monoisotopic (exact) mass is 241 g/mol. The number of nitrogens with zero attached hydrogens (tertiary/aromatic N) is 1. The van der Waals surface area contributed by atoms with Crippen LogP contribution in [0.25, 0.3) is 0 Å². The number of rotatable bonds is 5. The topological polar surface area (TPSA) is 38.8 Å². The highest BCUT2D eigenvalue weighted by atomic mass is 19.1. The molecule has 0 spiro atoms. The van der Waals surface area contributed by atoms with Gasteiger partial charge in [-0.05, 0) is 17.7 Å². The molecule has 1 rings (SSSR count). The predicted octanol–water partition coefficient (Wildman–Crippen LogP) is 1.44. The molecule has 0 aliphatic rings. The fourth-order valence-electron chi connectivity index (χ4n) is 1.40. The fourth-order valence-corrected chi connectivity index (χ4v) is 1.40. The van der Waals surface area contributed by atoms with E-state index in [4.69, 9.17) is 9.47 Å². The van der Waals surface area contributed by atoms with Gasteiger partial charge in [0.05, 0.1) is 7.11 Å². The Kier molecular flexibility index (Phi) is 4.90. The SMILES string of the molecule is COCC(=O)N(C)Cc1ccc(OC)c(F)c1. The standard InChI is InChI=1S/C12H16FNO3/c1-14(12(15)8-16-2)7-9-4-5-11(17-3)10(13)6-9/h4-6H,7-8H2,1-3H3. The lowest BCUT2D eigenvalue weighted by Crippen LogP contribution is -2.29. The highest BCUT2D eigenvalue weighted by Gasteiger charge is 2.10. The summed E-state index contributed by atoms with van der Waals surface area (Å²) >= 11 is 0. The first-order chi connectivity index (χ1) is 8.08. The van der Waals surface area contributed by atoms with Crippen LogP contribution in [0, 0.1) is 5.82 Å². The van der Waals surface area contributed by atoms with Crippen molar-refractivity contribution in [1.29, 1.82) is 0 Å². The van der Waals surface area contributed by atoms with Gasteiger partial charge >= 0.3 is 0 Å². The Morgan fingerprint density at radius 2 is 2.12 bits per heavy atom. The van der Waals surface area contributed by atoms with Crippen molar-refractivity contribution in [2.75, 3.05) is 27.9 Å². The number of hydrogen-bond donors (Lipinski definition) is 0. The van der Waals surface area contributed by atoms with Gasteiger partial charge < -0.3 is 14.4 Å². The molecule has 5 heteroatoms. The highest BCUT2D eigenvalue weighted by molar-refractivity contribution is 5.77. The molecule has 1 amide bonds. The number of carbonyl (C=O) groups is 1. The molecule has 0 aliphatic heterocycles. The molecule has 0 aromatic heterocycles. The average Bonchev–Trinajstić information content (AvgIpc) is 2.29. The van der Waals surface area contributed by atoms with Gasteiger partial charge in [0.1, 0.15) is 6.61 Å². The van der Waals surface area contributed by atoms with Crippen LogP contribution in [0.1, 0.15) is 5.56 Å². The molecule has 0 fully saturated rings. The van der Waals surface area contributed by atoms with Gasteiger partial charge in [-0.25, -0.2) is 4.39 Å². The highest BCUT2D eigenvalue weighted by Crippen LogP contribution is 2.18. The van der Waals surface area contributed by atoms with Crippen LogP contribution in [0.3, 0.4) is 0 Å².